The minimum atomic E-state index is -4.87. The Hall–Kier alpha value is -1.37. The average Bonchev–Trinajstić information content (AvgIpc) is 2.16. The second kappa shape index (κ2) is 4.65. The molecule has 0 aliphatic carbocycles. The molecule has 0 saturated heterocycles. The van der Waals surface area contributed by atoms with Gasteiger partial charge in [-0.1, -0.05) is 0 Å². The van der Waals surface area contributed by atoms with Crippen LogP contribution in [0.1, 0.15) is 5.56 Å². The summed E-state index contributed by atoms with van der Waals surface area (Å²) in [5.74, 6) is -1.80. The van der Waals surface area contributed by atoms with Crippen LogP contribution in [0.4, 0.5) is 13.2 Å². The Balaban J connectivity index is 3.16. The molecular formula is C8H7ClF3NO3. The molecule has 0 bridgehead atoms. The number of aromatic nitrogens is 1. The molecule has 1 rings (SSSR count). The molecule has 0 atom stereocenters. The summed E-state index contributed by atoms with van der Waals surface area (Å²) in [6.07, 6.45) is -4.09. The van der Waals surface area contributed by atoms with Crippen molar-refractivity contribution in [3.63, 3.8) is 0 Å². The van der Waals surface area contributed by atoms with E-state index in [1.165, 1.54) is 7.11 Å². The van der Waals surface area contributed by atoms with Gasteiger partial charge in [0.05, 0.1) is 24.8 Å². The van der Waals surface area contributed by atoms with E-state index in [0.29, 0.717) is 0 Å². The van der Waals surface area contributed by atoms with Crippen molar-refractivity contribution in [2.24, 2.45) is 0 Å². The van der Waals surface area contributed by atoms with Crippen molar-refractivity contribution in [1.29, 1.82) is 0 Å². The van der Waals surface area contributed by atoms with E-state index in [4.69, 9.17) is 11.6 Å². The Labute approximate surface area is 93.6 Å². The lowest BCUT2D eigenvalue weighted by Crippen LogP contribution is -2.18. The van der Waals surface area contributed by atoms with Crippen LogP contribution in [0.25, 0.3) is 0 Å². The molecule has 0 fully saturated rings. The lowest BCUT2D eigenvalue weighted by atomic mass is 10.2. The summed E-state index contributed by atoms with van der Waals surface area (Å²) in [4.78, 5) is 3.43. The minimum Gasteiger partial charge on any atom is -0.503 e. The normalized spacial score (nSPS) is 11.3. The van der Waals surface area contributed by atoms with Crippen LogP contribution in [-0.2, 0) is 5.88 Å². The fourth-order valence-electron chi connectivity index (χ4n) is 0.993. The number of nitrogens with zero attached hydrogens (tertiary/aromatic N) is 1. The SMILES string of the molecule is COc1ncc(OC(F)(F)F)c(CCl)c1O. The first kappa shape index (κ1) is 12.7. The lowest BCUT2D eigenvalue weighted by Gasteiger charge is -2.13. The van der Waals surface area contributed by atoms with Crippen LogP contribution >= 0.6 is 11.6 Å². The van der Waals surface area contributed by atoms with Gasteiger partial charge in [-0.05, 0) is 0 Å². The number of methoxy groups -OCH3 is 1. The maximum Gasteiger partial charge on any atom is 0.573 e. The highest BCUT2D eigenvalue weighted by Gasteiger charge is 2.33. The first-order chi connectivity index (χ1) is 7.39. The summed E-state index contributed by atoms with van der Waals surface area (Å²) >= 11 is 5.40. The van der Waals surface area contributed by atoms with Gasteiger partial charge in [-0.3, -0.25) is 0 Å². The molecule has 0 amide bonds. The van der Waals surface area contributed by atoms with E-state index in [2.05, 4.69) is 14.5 Å². The van der Waals surface area contributed by atoms with Gasteiger partial charge >= 0.3 is 6.36 Å². The van der Waals surface area contributed by atoms with Crippen LogP contribution in [0.3, 0.4) is 0 Å². The quantitative estimate of drug-likeness (QED) is 0.845. The maximum atomic E-state index is 12.0. The van der Waals surface area contributed by atoms with Gasteiger partial charge in [0.15, 0.2) is 11.5 Å². The molecule has 16 heavy (non-hydrogen) atoms. The van der Waals surface area contributed by atoms with Crippen LogP contribution in [0.5, 0.6) is 17.4 Å². The van der Waals surface area contributed by atoms with E-state index in [1.807, 2.05) is 0 Å². The zero-order valence-electron chi connectivity index (χ0n) is 8.01. The molecule has 0 spiro atoms. The van der Waals surface area contributed by atoms with E-state index in [-0.39, 0.29) is 17.3 Å². The Morgan fingerprint density at radius 3 is 2.56 bits per heavy atom. The monoisotopic (exact) mass is 257 g/mol. The maximum absolute atomic E-state index is 12.0. The molecule has 8 heteroatoms. The summed E-state index contributed by atoms with van der Waals surface area (Å²) < 4.78 is 44.2. The highest BCUT2D eigenvalue weighted by Crippen LogP contribution is 2.37. The van der Waals surface area contributed by atoms with Crippen LogP contribution < -0.4 is 9.47 Å². The zero-order chi connectivity index (χ0) is 12.3. The smallest absolute Gasteiger partial charge is 0.503 e. The summed E-state index contributed by atoms with van der Waals surface area (Å²) in [5.41, 5.74) is -0.231. The molecule has 0 aliphatic rings. The van der Waals surface area contributed by atoms with Gasteiger partial charge in [-0.2, -0.15) is 0 Å². The molecule has 1 aromatic heterocycles. The number of hydrogen-bond donors (Lipinski definition) is 1. The third kappa shape index (κ3) is 2.82. The number of pyridine rings is 1. The van der Waals surface area contributed by atoms with E-state index < -0.39 is 17.9 Å². The number of aromatic hydroxyl groups is 1. The Morgan fingerprint density at radius 2 is 2.12 bits per heavy atom. The molecule has 0 radical (unpaired) electrons. The molecule has 0 aromatic carbocycles. The molecule has 90 valence electrons. The number of alkyl halides is 4. The number of ether oxygens (including phenoxy) is 2. The number of hydrogen-bond acceptors (Lipinski definition) is 4. The Bertz CT molecular complexity index is 384. The summed E-state index contributed by atoms with van der Waals surface area (Å²) in [5, 5.41) is 9.45. The highest BCUT2D eigenvalue weighted by atomic mass is 35.5. The van der Waals surface area contributed by atoms with Gasteiger partial charge in [-0.15, -0.1) is 24.8 Å². The van der Waals surface area contributed by atoms with Crippen LogP contribution in [0.2, 0.25) is 0 Å². The fraction of sp³-hybridized carbons (Fsp3) is 0.375. The second-order valence-corrected chi connectivity index (χ2v) is 2.91. The minimum absolute atomic E-state index is 0.217. The van der Waals surface area contributed by atoms with E-state index in [9.17, 15) is 18.3 Å². The Kier molecular flexibility index (Phi) is 3.69. The molecule has 1 aromatic rings. The van der Waals surface area contributed by atoms with Crippen LogP contribution in [0.15, 0.2) is 6.20 Å². The van der Waals surface area contributed by atoms with Crippen molar-refractivity contribution in [3.8, 4) is 17.4 Å². The molecular weight excluding hydrogens is 251 g/mol. The van der Waals surface area contributed by atoms with Gasteiger partial charge in [-0.25, -0.2) is 4.98 Å². The number of halogens is 4. The number of rotatable bonds is 3. The average molecular weight is 258 g/mol. The molecule has 0 unspecified atom stereocenters. The third-order valence-electron chi connectivity index (χ3n) is 1.64. The van der Waals surface area contributed by atoms with Crippen molar-refractivity contribution in [2.75, 3.05) is 7.11 Å². The molecule has 1 heterocycles. The Morgan fingerprint density at radius 1 is 1.50 bits per heavy atom. The highest BCUT2D eigenvalue weighted by molar-refractivity contribution is 6.17. The van der Waals surface area contributed by atoms with Crippen molar-refractivity contribution in [2.45, 2.75) is 12.2 Å². The van der Waals surface area contributed by atoms with Gasteiger partial charge in [0.25, 0.3) is 5.88 Å². The lowest BCUT2D eigenvalue weighted by molar-refractivity contribution is -0.275. The summed E-state index contributed by atoms with van der Waals surface area (Å²) in [6, 6.07) is 0. The third-order valence-corrected chi connectivity index (χ3v) is 1.90. The first-order valence-electron chi connectivity index (χ1n) is 3.95. The van der Waals surface area contributed by atoms with Crippen LogP contribution in [-0.4, -0.2) is 23.6 Å². The largest absolute Gasteiger partial charge is 0.573 e. The van der Waals surface area contributed by atoms with Gasteiger partial charge in [0.2, 0.25) is 0 Å². The van der Waals surface area contributed by atoms with Gasteiger partial charge in [0.1, 0.15) is 0 Å². The molecule has 0 aliphatic heterocycles. The summed E-state index contributed by atoms with van der Waals surface area (Å²) in [6.45, 7) is 0. The zero-order valence-corrected chi connectivity index (χ0v) is 8.76. The standard InChI is InChI=1S/C8H7ClF3NO3/c1-15-7-6(14)4(2-9)5(3-13-7)16-8(10,11)12/h3,14H,2H2,1H3. The van der Waals surface area contributed by atoms with Crippen molar-refractivity contribution in [1.82, 2.24) is 4.98 Å². The van der Waals surface area contributed by atoms with Gasteiger partial charge < -0.3 is 14.6 Å². The topological polar surface area (TPSA) is 51.6 Å². The molecule has 1 N–H and O–H groups in total. The van der Waals surface area contributed by atoms with E-state index in [0.717, 1.165) is 6.20 Å². The summed E-state index contributed by atoms with van der Waals surface area (Å²) in [7, 11) is 1.21. The van der Waals surface area contributed by atoms with Crippen LogP contribution in [0, 0.1) is 0 Å². The van der Waals surface area contributed by atoms with Crippen molar-refractivity contribution >= 4 is 11.6 Å². The van der Waals surface area contributed by atoms with E-state index >= 15 is 0 Å². The predicted molar refractivity (Wildman–Crippen MR) is 48.7 cm³/mol. The fourth-order valence-corrected chi connectivity index (χ4v) is 1.25. The molecule has 0 saturated carbocycles. The predicted octanol–water partition coefficient (Wildman–Crippen LogP) is 2.43. The first-order valence-corrected chi connectivity index (χ1v) is 4.49. The van der Waals surface area contributed by atoms with Crippen molar-refractivity contribution < 1.29 is 27.8 Å². The van der Waals surface area contributed by atoms with E-state index in [1.54, 1.807) is 0 Å². The second-order valence-electron chi connectivity index (χ2n) is 2.64. The van der Waals surface area contributed by atoms with Gasteiger partial charge in [0, 0.05) is 0 Å². The van der Waals surface area contributed by atoms with Crippen molar-refractivity contribution in [3.05, 3.63) is 11.8 Å². The molecule has 4 nitrogen and oxygen atoms in total.